The standard InChI is InChI=1S/C11H13BrClNO/c12-10-3-1-9(2-4-10)6-8-14-11(15)5-7-13/h1-4H,5-8H2,(H,14,15). The minimum Gasteiger partial charge on any atom is -0.356 e. The number of hydrogen-bond donors (Lipinski definition) is 1. The lowest BCUT2D eigenvalue weighted by Crippen LogP contribution is -2.25. The molecule has 15 heavy (non-hydrogen) atoms. The molecule has 0 radical (unpaired) electrons. The lowest BCUT2D eigenvalue weighted by Gasteiger charge is -2.04. The van der Waals surface area contributed by atoms with Crippen LogP contribution in [0, 0.1) is 0 Å². The van der Waals surface area contributed by atoms with Crippen LogP contribution >= 0.6 is 27.5 Å². The smallest absolute Gasteiger partial charge is 0.221 e. The maximum atomic E-state index is 11.1. The molecule has 0 spiro atoms. The number of benzene rings is 1. The van der Waals surface area contributed by atoms with E-state index in [9.17, 15) is 4.79 Å². The molecule has 0 aromatic heterocycles. The van der Waals surface area contributed by atoms with Crippen molar-refractivity contribution in [3.8, 4) is 0 Å². The topological polar surface area (TPSA) is 29.1 Å². The lowest BCUT2D eigenvalue weighted by atomic mass is 10.1. The molecule has 0 bridgehead atoms. The molecule has 0 saturated heterocycles. The van der Waals surface area contributed by atoms with Crippen molar-refractivity contribution in [1.82, 2.24) is 5.32 Å². The van der Waals surface area contributed by atoms with E-state index in [0.717, 1.165) is 10.9 Å². The summed E-state index contributed by atoms with van der Waals surface area (Å²) in [5, 5.41) is 2.81. The van der Waals surface area contributed by atoms with Crippen LogP contribution in [0.4, 0.5) is 0 Å². The fraction of sp³-hybridized carbons (Fsp3) is 0.364. The zero-order valence-electron chi connectivity index (χ0n) is 8.30. The Morgan fingerprint density at radius 3 is 2.60 bits per heavy atom. The van der Waals surface area contributed by atoms with Crippen LogP contribution in [-0.4, -0.2) is 18.3 Å². The van der Waals surface area contributed by atoms with Gasteiger partial charge in [0, 0.05) is 23.3 Å². The van der Waals surface area contributed by atoms with Crippen molar-refractivity contribution in [1.29, 1.82) is 0 Å². The fourth-order valence-electron chi connectivity index (χ4n) is 1.17. The van der Waals surface area contributed by atoms with E-state index >= 15 is 0 Å². The van der Waals surface area contributed by atoms with Gasteiger partial charge in [-0.1, -0.05) is 28.1 Å². The highest BCUT2D eigenvalue weighted by Crippen LogP contribution is 2.10. The first kappa shape index (κ1) is 12.5. The Bertz CT molecular complexity index is 313. The molecule has 0 aliphatic heterocycles. The summed E-state index contributed by atoms with van der Waals surface area (Å²) in [7, 11) is 0. The van der Waals surface area contributed by atoms with Gasteiger partial charge in [-0.3, -0.25) is 4.79 Å². The van der Waals surface area contributed by atoms with Crippen LogP contribution in [0.1, 0.15) is 12.0 Å². The zero-order valence-corrected chi connectivity index (χ0v) is 10.6. The zero-order chi connectivity index (χ0) is 11.1. The Morgan fingerprint density at radius 1 is 1.33 bits per heavy atom. The predicted octanol–water partition coefficient (Wildman–Crippen LogP) is 2.74. The number of carbonyl (C=O) groups excluding carboxylic acids is 1. The summed E-state index contributed by atoms with van der Waals surface area (Å²) in [6.07, 6.45) is 1.24. The van der Waals surface area contributed by atoms with Gasteiger partial charge in [0.15, 0.2) is 0 Å². The molecule has 1 N–H and O–H groups in total. The molecule has 0 aliphatic carbocycles. The first-order chi connectivity index (χ1) is 7.22. The third kappa shape index (κ3) is 5.19. The van der Waals surface area contributed by atoms with Crippen molar-refractivity contribution < 1.29 is 4.79 Å². The van der Waals surface area contributed by atoms with Gasteiger partial charge in [-0.15, -0.1) is 11.6 Å². The van der Waals surface area contributed by atoms with Crippen LogP contribution in [0.25, 0.3) is 0 Å². The normalized spacial score (nSPS) is 10.0. The quantitative estimate of drug-likeness (QED) is 0.830. The summed E-state index contributed by atoms with van der Waals surface area (Å²) < 4.78 is 1.07. The van der Waals surface area contributed by atoms with E-state index in [-0.39, 0.29) is 5.91 Å². The van der Waals surface area contributed by atoms with Crippen LogP contribution in [0.15, 0.2) is 28.7 Å². The molecule has 0 unspecified atom stereocenters. The van der Waals surface area contributed by atoms with Gasteiger partial charge in [-0.25, -0.2) is 0 Å². The highest BCUT2D eigenvalue weighted by molar-refractivity contribution is 9.10. The van der Waals surface area contributed by atoms with Crippen molar-refractivity contribution in [2.24, 2.45) is 0 Å². The average molecular weight is 291 g/mol. The van der Waals surface area contributed by atoms with Crippen molar-refractivity contribution in [3.05, 3.63) is 34.3 Å². The van der Waals surface area contributed by atoms with Gasteiger partial charge in [0.05, 0.1) is 0 Å². The minimum absolute atomic E-state index is 0.0158. The lowest BCUT2D eigenvalue weighted by molar-refractivity contribution is -0.120. The van der Waals surface area contributed by atoms with Gasteiger partial charge in [-0.05, 0) is 24.1 Å². The molecule has 0 atom stereocenters. The molecule has 0 saturated carbocycles. The molecule has 0 aliphatic rings. The van der Waals surface area contributed by atoms with Crippen molar-refractivity contribution in [3.63, 3.8) is 0 Å². The Morgan fingerprint density at radius 2 is 2.00 bits per heavy atom. The molecule has 82 valence electrons. The number of nitrogens with one attached hydrogen (secondary N) is 1. The van der Waals surface area contributed by atoms with Crippen LogP contribution in [0.3, 0.4) is 0 Å². The van der Waals surface area contributed by atoms with Crippen LogP contribution in [0.5, 0.6) is 0 Å². The van der Waals surface area contributed by atoms with Gasteiger partial charge in [-0.2, -0.15) is 0 Å². The summed E-state index contributed by atoms with van der Waals surface area (Å²) in [4.78, 5) is 11.1. The summed E-state index contributed by atoms with van der Waals surface area (Å²) in [6, 6.07) is 8.07. The Balaban J connectivity index is 2.26. The number of rotatable bonds is 5. The predicted molar refractivity (Wildman–Crippen MR) is 66.2 cm³/mol. The van der Waals surface area contributed by atoms with Crippen molar-refractivity contribution >= 4 is 33.4 Å². The number of amides is 1. The van der Waals surface area contributed by atoms with E-state index in [1.807, 2.05) is 24.3 Å². The van der Waals surface area contributed by atoms with Crippen LogP contribution in [0.2, 0.25) is 0 Å². The molecule has 1 rings (SSSR count). The van der Waals surface area contributed by atoms with Gasteiger partial charge in [0.1, 0.15) is 0 Å². The van der Waals surface area contributed by atoms with Gasteiger partial charge in [0.25, 0.3) is 0 Å². The first-order valence-corrected chi connectivity index (χ1v) is 6.12. The van der Waals surface area contributed by atoms with E-state index in [4.69, 9.17) is 11.6 Å². The SMILES string of the molecule is O=C(CCCl)NCCc1ccc(Br)cc1. The van der Waals surface area contributed by atoms with Gasteiger partial charge in [0.2, 0.25) is 5.91 Å². The molecular weight excluding hydrogens is 277 g/mol. The molecule has 1 aromatic rings. The average Bonchev–Trinajstić information content (AvgIpc) is 2.21. The summed E-state index contributed by atoms with van der Waals surface area (Å²) in [5.74, 6) is 0.395. The van der Waals surface area contributed by atoms with E-state index in [2.05, 4.69) is 21.2 Å². The molecule has 0 fully saturated rings. The minimum atomic E-state index is 0.0158. The Hall–Kier alpha value is -0.540. The highest BCUT2D eigenvalue weighted by atomic mass is 79.9. The molecule has 1 amide bonds. The Kier molecular flexibility index (Phi) is 5.73. The molecule has 0 heterocycles. The third-order valence-corrected chi connectivity index (χ3v) is 2.69. The molecular formula is C11H13BrClNO. The summed E-state index contributed by atoms with van der Waals surface area (Å²) in [5.41, 5.74) is 1.21. The van der Waals surface area contributed by atoms with Gasteiger partial charge < -0.3 is 5.32 Å². The number of carbonyl (C=O) groups is 1. The maximum absolute atomic E-state index is 11.1. The maximum Gasteiger partial charge on any atom is 0.221 e. The van der Waals surface area contributed by atoms with E-state index in [1.54, 1.807) is 0 Å². The second-order valence-corrected chi connectivity index (χ2v) is 4.46. The molecule has 4 heteroatoms. The van der Waals surface area contributed by atoms with Crippen molar-refractivity contribution in [2.45, 2.75) is 12.8 Å². The summed E-state index contributed by atoms with van der Waals surface area (Å²) >= 11 is 8.82. The number of halogens is 2. The van der Waals surface area contributed by atoms with Crippen LogP contribution < -0.4 is 5.32 Å². The third-order valence-electron chi connectivity index (χ3n) is 1.97. The van der Waals surface area contributed by atoms with Crippen molar-refractivity contribution in [2.75, 3.05) is 12.4 Å². The van der Waals surface area contributed by atoms with E-state index in [0.29, 0.717) is 18.8 Å². The molecule has 2 nitrogen and oxygen atoms in total. The first-order valence-electron chi connectivity index (χ1n) is 4.79. The second-order valence-electron chi connectivity index (χ2n) is 3.17. The number of hydrogen-bond acceptors (Lipinski definition) is 1. The largest absolute Gasteiger partial charge is 0.356 e. The monoisotopic (exact) mass is 289 g/mol. The van der Waals surface area contributed by atoms with E-state index in [1.165, 1.54) is 5.56 Å². The number of alkyl halides is 1. The van der Waals surface area contributed by atoms with E-state index < -0.39 is 0 Å². The second kappa shape index (κ2) is 6.85. The van der Waals surface area contributed by atoms with Crippen LogP contribution in [-0.2, 0) is 11.2 Å². The Labute approximate surface area is 103 Å². The fourth-order valence-corrected chi connectivity index (χ4v) is 1.61. The highest BCUT2D eigenvalue weighted by Gasteiger charge is 1.99. The molecule has 1 aromatic carbocycles. The van der Waals surface area contributed by atoms with Gasteiger partial charge >= 0.3 is 0 Å². The summed E-state index contributed by atoms with van der Waals surface area (Å²) in [6.45, 7) is 0.664.